The summed E-state index contributed by atoms with van der Waals surface area (Å²) in [6.45, 7) is 4.65. The van der Waals surface area contributed by atoms with Crippen molar-refractivity contribution < 1.29 is 4.79 Å². The summed E-state index contributed by atoms with van der Waals surface area (Å²) in [7, 11) is 0. The molecule has 7 heteroatoms. The zero-order valence-electron chi connectivity index (χ0n) is 11.5. The van der Waals surface area contributed by atoms with Gasteiger partial charge in [0.15, 0.2) is 5.82 Å². The number of rotatable bonds is 7. The lowest BCUT2D eigenvalue weighted by atomic mass is 10.2. The van der Waals surface area contributed by atoms with Gasteiger partial charge in [-0.2, -0.15) is 0 Å². The molecule has 1 aliphatic carbocycles. The molecule has 0 aromatic carbocycles. The third kappa shape index (κ3) is 3.82. The number of carbonyl (C=O) groups excluding carboxylic acids is 1. The highest BCUT2D eigenvalue weighted by atomic mass is 35.5. The predicted molar refractivity (Wildman–Crippen MR) is 79.7 cm³/mol. The number of nitrogens with two attached hydrogens (primary N) is 1. The normalized spacial score (nSPS) is 14.4. The number of aromatic nitrogens is 1. The Morgan fingerprint density at radius 3 is 2.90 bits per heavy atom. The average molecular weight is 298 g/mol. The second-order valence-electron chi connectivity index (χ2n) is 4.81. The summed E-state index contributed by atoms with van der Waals surface area (Å²) in [6.07, 6.45) is 4.00. The van der Waals surface area contributed by atoms with E-state index in [2.05, 4.69) is 27.6 Å². The van der Waals surface area contributed by atoms with E-state index >= 15 is 0 Å². The van der Waals surface area contributed by atoms with E-state index in [1.807, 2.05) is 0 Å². The van der Waals surface area contributed by atoms with Crippen molar-refractivity contribution in [1.29, 1.82) is 0 Å². The summed E-state index contributed by atoms with van der Waals surface area (Å²) in [5.74, 6) is 5.42. The van der Waals surface area contributed by atoms with Gasteiger partial charge in [0.25, 0.3) is 5.91 Å². The van der Waals surface area contributed by atoms with Gasteiger partial charge in [-0.3, -0.25) is 9.69 Å². The Morgan fingerprint density at radius 2 is 2.35 bits per heavy atom. The van der Waals surface area contributed by atoms with Gasteiger partial charge < -0.3 is 10.7 Å². The van der Waals surface area contributed by atoms with E-state index in [0.717, 1.165) is 13.1 Å². The summed E-state index contributed by atoms with van der Waals surface area (Å²) in [4.78, 5) is 18.3. The molecule has 1 heterocycles. The van der Waals surface area contributed by atoms with E-state index in [4.69, 9.17) is 17.4 Å². The molecule has 1 amide bonds. The molecule has 0 saturated heterocycles. The first-order chi connectivity index (χ1) is 9.65. The standard InChI is InChI=1S/C13H20ClN5O/c1-2-19(10-3-4-10)6-5-16-13(20)9-7-11(14)12(18-15)17-8-9/h7-8,10H,2-6,15H2,1H3,(H,16,20)(H,17,18). The molecule has 0 bridgehead atoms. The van der Waals surface area contributed by atoms with E-state index < -0.39 is 0 Å². The van der Waals surface area contributed by atoms with Crippen LogP contribution in [0.5, 0.6) is 0 Å². The first-order valence-corrected chi connectivity index (χ1v) is 7.18. The van der Waals surface area contributed by atoms with Gasteiger partial charge >= 0.3 is 0 Å². The van der Waals surface area contributed by atoms with Gasteiger partial charge in [0.05, 0.1) is 10.6 Å². The largest absolute Gasteiger partial charge is 0.351 e. The van der Waals surface area contributed by atoms with Gasteiger partial charge in [-0.25, -0.2) is 10.8 Å². The molecule has 0 spiro atoms. The van der Waals surface area contributed by atoms with Crippen molar-refractivity contribution in [3.05, 3.63) is 22.8 Å². The molecule has 1 fully saturated rings. The zero-order valence-corrected chi connectivity index (χ0v) is 12.3. The monoisotopic (exact) mass is 297 g/mol. The quantitative estimate of drug-likeness (QED) is 0.521. The molecule has 2 rings (SSSR count). The Labute approximate surface area is 123 Å². The van der Waals surface area contributed by atoms with E-state index in [-0.39, 0.29) is 5.91 Å². The number of pyridine rings is 1. The second-order valence-corrected chi connectivity index (χ2v) is 5.22. The van der Waals surface area contributed by atoms with Crippen LogP contribution in [-0.4, -0.2) is 41.5 Å². The third-order valence-electron chi connectivity index (χ3n) is 3.39. The van der Waals surface area contributed by atoms with E-state index in [0.29, 0.717) is 29.0 Å². The van der Waals surface area contributed by atoms with E-state index in [1.54, 1.807) is 6.07 Å². The minimum atomic E-state index is -0.171. The van der Waals surface area contributed by atoms with Gasteiger partial charge in [-0.05, 0) is 25.5 Å². The van der Waals surface area contributed by atoms with Gasteiger partial charge in [-0.15, -0.1) is 0 Å². The Balaban J connectivity index is 1.83. The number of amides is 1. The summed E-state index contributed by atoms with van der Waals surface area (Å²) < 4.78 is 0. The second kappa shape index (κ2) is 6.88. The molecule has 1 aromatic rings. The minimum Gasteiger partial charge on any atom is -0.351 e. The lowest BCUT2D eigenvalue weighted by molar-refractivity contribution is 0.0947. The van der Waals surface area contributed by atoms with Crippen LogP contribution >= 0.6 is 11.6 Å². The summed E-state index contributed by atoms with van der Waals surface area (Å²) in [6, 6.07) is 2.26. The molecule has 1 saturated carbocycles. The Hall–Kier alpha value is -1.37. The number of nitrogen functional groups attached to an aromatic ring is 1. The fourth-order valence-electron chi connectivity index (χ4n) is 2.12. The van der Waals surface area contributed by atoms with Crippen LogP contribution in [0.25, 0.3) is 0 Å². The maximum atomic E-state index is 12.0. The highest BCUT2D eigenvalue weighted by Crippen LogP contribution is 2.25. The van der Waals surface area contributed by atoms with Crippen molar-refractivity contribution >= 4 is 23.3 Å². The van der Waals surface area contributed by atoms with Crippen LogP contribution in [0.15, 0.2) is 12.3 Å². The zero-order chi connectivity index (χ0) is 14.5. The first-order valence-electron chi connectivity index (χ1n) is 6.80. The van der Waals surface area contributed by atoms with Crippen LogP contribution in [0.2, 0.25) is 5.02 Å². The van der Waals surface area contributed by atoms with Crippen LogP contribution in [-0.2, 0) is 0 Å². The maximum Gasteiger partial charge on any atom is 0.252 e. The number of halogens is 1. The van der Waals surface area contributed by atoms with Crippen LogP contribution < -0.4 is 16.6 Å². The molecule has 1 aliphatic rings. The molecule has 0 radical (unpaired) electrons. The van der Waals surface area contributed by atoms with Gasteiger partial charge in [0.1, 0.15) is 0 Å². The SMILES string of the molecule is CCN(CCNC(=O)c1cnc(NN)c(Cl)c1)C1CC1. The number of hydrogen-bond acceptors (Lipinski definition) is 5. The number of likely N-dealkylation sites (N-methyl/N-ethyl adjacent to an activating group) is 1. The molecule has 0 atom stereocenters. The molecule has 4 N–H and O–H groups in total. The highest BCUT2D eigenvalue weighted by Gasteiger charge is 2.27. The molecule has 110 valence electrons. The predicted octanol–water partition coefficient (Wildman–Crippen LogP) is 1.23. The Morgan fingerprint density at radius 1 is 1.60 bits per heavy atom. The minimum absolute atomic E-state index is 0.171. The number of hydrazine groups is 1. The average Bonchev–Trinajstić information content (AvgIpc) is 3.27. The van der Waals surface area contributed by atoms with Crippen LogP contribution in [0, 0.1) is 0 Å². The lowest BCUT2D eigenvalue weighted by Crippen LogP contribution is -2.36. The van der Waals surface area contributed by atoms with Crippen molar-refractivity contribution in [3.8, 4) is 0 Å². The van der Waals surface area contributed by atoms with Crippen molar-refractivity contribution in [3.63, 3.8) is 0 Å². The van der Waals surface area contributed by atoms with Gasteiger partial charge in [-0.1, -0.05) is 18.5 Å². The maximum absolute atomic E-state index is 12.0. The number of hydrogen-bond donors (Lipinski definition) is 3. The molecule has 1 aromatic heterocycles. The summed E-state index contributed by atoms with van der Waals surface area (Å²) in [5, 5.41) is 3.21. The molecule has 0 unspecified atom stereocenters. The van der Waals surface area contributed by atoms with E-state index in [9.17, 15) is 4.79 Å². The Bertz CT molecular complexity index is 478. The van der Waals surface area contributed by atoms with Crippen molar-refractivity contribution in [2.75, 3.05) is 25.1 Å². The number of carbonyl (C=O) groups is 1. The Kier molecular flexibility index (Phi) is 5.17. The molecular formula is C13H20ClN5O. The third-order valence-corrected chi connectivity index (χ3v) is 3.68. The molecule has 6 nitrogen and oxygen atoms in total. The van der Waals surface area contributed by atoms with Crippen molar-refractivity contribution in [2.45, 2.75) is 25.8 Å². The van der Waals surface area contributed by atoms with Gasteiger partial charge in [0, 0.05) is 25.3 Å². The topological polar surface area (TPSA) is 83.3 Å². The summed E-state index contributed by atoms with van der Waals surface area (Å²) >= 11 is 5.94. The van der Waals surface area contributed by atoms with Crippen LogP contribution in [0.1, 0.15) is 30.1 Å². The van der Waals surface area contributed by atoms with Crippen LogP contribution in [0.4, 0.5) is 5.82 Å². The van der Waals surface area contributed by atoms with Crippen LogP contribution in [0.3, 0.4) is 0 Å². The lowest BCUT2D eigenvalue weighted by Gasteiger charge is -2.19. The number of anilines is 1. The molecular weight excluding hydrogens is 278 g/mol. The van der Waals surface area contributed by atoms with Gasteiger partial charge in [0.2, 0.25) is 0 Å². The number of nitrogens with zero attached hydrogens (tertiary/aromatic N) is 2. The molecule has 0 aliphatic heterocycles. The summed E-state index contributed by atoms with van der Waals surface area (Å²) in [5.41, 5.74) is 2.80. The molecule has 20 heavy (non-hydrogen) atoms. The first kappa shape index (κ1) is 15.0. The van der Waals surface area contributed by atoms with E-state index in [1.165, 1.54) is 19.0 Å². The fraction of sp³-hybridized carbons (Fsp3) is 0.538. The van der Waals surface area contributed by atoms with Crippen molar-refractivity contribution in [2.24, 2.45) is 5.84 Å². The number of nitrogens with one attached hydrogen (secondary N) is 2. The van der Waals surface area contributed by atoms with Crippen molar-refractivity contribution in [1.82, 2.24) is 15.2 Å². The highest BCUT2D eigenvalue weighted by molar-refractivity contribution is 6.33. The smallest absolute Gasteiger partial charge is 0.252 e. The fourth-order valence-corrected chi connectivity index (χ4v) is 2.34.